The Hall–Kier alpha value is -1.92. The van der Waals surface area contributed by atoms with Crippen molar-refractivity contribution in [2.75, 3.05) is 0 Å². The van der Waals surface area contributed by atoms with Gasteiger partial charge in [0.25, 0.3) is 5.91 Å². The molecular formula is C18H11Cl3N2O2S. The Labute approximate surface area is 169 Å². The number of halogens is 3. The Balaban J connectivity index is 1.59. The van der Waals surface area contributed by atoms with Crippen molar-refractivity contribution >= 4 is 58.7 Å². The summed E-state index contributed by atoms with van der Waals surface area (Å²) < 4.78 is 5.63. The van der Waals surface area contributed by atoms with E-state index in [4.69, 9.17) is 39.2 Å². The van der Waals surface area contributed by atoms with Gasteiger partial charge in [-0.2, -0.15) is 5.10 Å². The minimum Gasteiger partial charge on any atom is -0.448 e. The van der Waals surface area contributed by atoms with Gasteiger partial charge in [0.05, 0.1) is 16.8 Å². The normalized spacial score (nSPS) is 11.0. The Morgan fingerprint density at radius 2 is 1.73 bits per heavy atom. The molecule has 0 atom stereocenters. The first-order chi connectivity index (χ1) is 12.5. The molecule has 0 fully saturated rings. The third kappa shape index (κ3) is 5.05. The molecule has 0 unspecified atom stereocenters. The fraction of sp³-hybridized carbons (Fsp3) is 0. The van der Waals surface area contributed by atoms with Gasteiger partial charge in [-0.25, -0.2) is 5.43 Å². The summed E-state index contributed by atoms with van der Waals surface area (Å²) in [7, 11) is 0. The van der Waals surface area contributed by atoms with E-state index in [1.54, 1.807) is 12.1 Å². The van der Waals surface area contributed by atoms with Crippen molar-refractivity contribution in [3.05, 3.63) is 81.0 Å². The Morgan fingerprint density at radius 1 is 1.00 bits per heavy atom. The summed E-state index contributed by atoms with van der Waals surface area (Å²) in [6.45, 7) is 0. The third-order valence-corrected chi connectivity index (χ3v) is 4.90. The van der Waals surface area contributed by atoms with E-state index in [-0.39, 0.29) is 10.6 Å². The number of carbonyl (C=O) groups is 1. The molecule has 1 aromatic heterocycles. The number of amides is 1. The Kier molecular flexibility index (Phi) is 6.27. The van der Waals surface area contributed by atoms with Crippen LogP contribution in [-0.2, 0) is 0 Å². The first kappa shape index (κ1) is 18.9. The number of furan rings is 1. The lowest BCUT2D eigenvalue weighted by atomic mass is 10.2. The average Bonchev–Trinajstić information content (AvgIpc) is 3.04. The predicted molar refractivity (Wildman–Crippen MR) is 106 cm³/mol. The highest BCUT2D eigenvalue weighted by Crippen LogP contribution is 2.29. The molecule has 0 spiro atoms. The van der Waals surface area contributed by atoms with E-state index in [1.165, 1.54) is 30.1 Å². The SMILES string of the molecule is O=C(N/N=C/c1ccc(Sc2ccc(Cl)cc2)o1)c1ccc(Cl)cc1Cl. The summed E-state index contributed by atoms with van der Waals surface area (Å²) in [4.78, 5) is 13.0. The molecule has 1 heterocycles. The van der Waals surface area contributed by atoms with E-state index in [1.807, 2.05) is 30.3 Å². The van der Waals surface area contributed by atoms with Crippen molar-refractivity contribution in [3.8, 4) is 0 Å². The van der Waals surface area contributed by atoms with Crippen LogP contribution in [-0.4, -0.2) is 12.1 Å². The first-order valence-corrected chi connectivity index (χ1v) is 9.28. The molecule has 0 aliphatic carbocycles. The Bertz CT molecular complexity index is 955. The molecule has 0 aliphatic heterocycles. The summed E-state index contributed by atoms with van der Waals surface area (Å²) in [5.74, 6) is 0.0641. The number of hydrogen-bond acceptors (Lipinski definition) is 4. The smallest absolute Gasteiger partial charge is 0.272 e. The number of carbonyl (C=O) groups excluding carboxylic acids is 1. The number of nitrogens with zero attached hydrogens (tertiary/aromatic N) is 1. The van der Waals surface area contributed by atoms with Crippen LogP contribution in [0, 0.1) is 0 Å². The zero-order chi connectivity index (χ0) is 18.5. The van der Waals surface area contributed by atoms with Crippen molar-refractivity contribution in [3.63, 3.8) is 0 Å². The van der Waals surface area contributed by atoms with Gasteiger partial charge in [-0.1, -0.05) is 46.6 Å². The van der Waals surface area contributed by atoms with Crippen molar-refractivity contribution in [1.82, 2.24) is 5.43 Å². The van der Waals surface area contributed by atoms with Gasteiger partial charge in [-0.15, -0.1) is 0 Å². The quantitative estimate of drug-likeness (QED) is 0.394. The highest BCUT2D eigenvalue weighted by molar-refractivity contribution is 7.99. The second-order valence-corrected chi connectivity index (χ2v) is 7.39. The molecular weight excluding hydrogens is 415 g/mol. The van der Waals surface area contributed by atoms with Crippen LogP contribution in [0.2, 0.25) is 15.1 Å². The molecule has 8 heteroatoms. The van der Waals surface area contributed by atoms with Crippen LogP contribution < -0.4 is 5.43 Å². The number of benzene rings is 2. The van der Waals surface area contributed by atoms with E-state index >= 15 is 0 Å². The summed E-state index contributed by atoms with van der Waals surface area (Å²) in [5, 5.41) is 5.96. The monoisotopic (exact) mass is 424 g/mol. The zero-order valence-corrected chi connectivity index (χ0v) is 16.2. The summed E-state index contributed by atoms with van der Waals surface area (Å²) >= 11 is 19.1. The fourth-order valence-electron chi connectivity index (χ4n) is 1.97. The topological polar surface area (TPSA) is 54.6 Å². The maximum absolute atomic E-state index is 12.0. The largest absolute Gasteiger partial charge is 0.448 e. The molecule has 3 aromatic rings. The van der Waals surface area contributed by atoms with E-state index < -0.39 is 5.91 Å². The molecule has 3 rings (SSSR count). The van der Waals surface area contributed by atoms with E-state index in [9.17, 15) is 4.79 Å². The molecule has 0 saturated heterocycles. The van der Waals surface area contributed by atoms with Gasteiger partial charge in [-0.3, -0.25) is 4.79 Å². The highest BCUT2D eigenvalue weighted by atomic mass is 35.5. The van der Waals surface area contributed by atoms with Crippen LogP contribution in [0.25, 0.3) is 0 Å². The minimum atomic E-state index is -0.440. The maximum Gasteiger partial charge on any atom is 0.272 e. The van der Waals surface area contributed by atoms with Crippen molar-refractivity contribution < 1.29 is 9.21 Å². The fourth-order valence-corrected chi connectivity index (χ4v) is 3.36. The molecule has 4 nitrogen and oxygen atoms in total. The predicted octanol–water partition coefficient (Wildman–Crippen LogP) is 6.15. The van der Waals surface area contributed by atoms with Gasteiger partial charge in [0.15, 0.2) is 5.09 Å². The maximum atomic E-state index is 12.0. The highest BCUT2D eigenvalue weighted by Gasteiger charge is 2.10. The summed E-state index contributed by atoms with van der Waals surface area (Å²) in [6.07, 6.45) is 1.41. The molecule has 0 saturated carbocycles. The summed E-state index contributed by atoms with van der Waals surface area (Å²) in [6, 6.07) is 15.6. The van der Waals surface area contributed by atoms with Crippen LogP contribution >= 0.6 is 46.6 Å². The molecule has 1 amide bonds. The van der Waals surface area contributed by atoms with Gasteiger partial charge in [0.2, 0.25) is 0 Å². The van der Waals surface area contributed by atoms with E-state index in [2.05, 4.69) is 10.5 Å². The lowest BCUT2D eigenvalue weighted by molar-refractivity contribution is 0.0955. The van der Waals surface area contributed by atoms with Gasteiger partial charge in [-0.05, 0) is 54.6 Å². The van der Waals surface area contributed by atoms with Crippen LogP contribution in [0.1, 0.15) is 16.1 Å². The number of rotatable bonds is 5. The van der Waals surface area contributed by atoms with E-state index in [0.717, 1.165) is 4.90 Å². The molecule has 2 aromatic carbocycles. The van der Waals surface area contributed by atoms with Crippen LogP contribution in [0.15, 0.2) is 74.1 Å². The van der Waals surface area contributed by atoms with Crippen LogP contribution in [0.4, 0.5) is 0 Å². The second kappa shape index (κ2) is 8.64. The lowest BCUT2D eigenvalue weighted by Gasteiger charge is -2.02. The Morgan fingerprint density at radius 3 is 2.46 bits per heavy atom. The lowest BCUT2D eigenvalue weighted by Crippen LogP contribution is -2.17. The minimum absolute atomic E-state index is 0.254. The number of hydrazone groups is 1. The van der Waals surface area contributed by atoms with Gasteiger partial charge < -0.3 is 4.42 Å². The molecule has 0 aliphatic rings. The van der Waals surface area contributed by atoms with Gasteiger partial charge in [0.1, 0.15) is 5.76 Å². The van der Waals surface area contributed by atoms with Crippen LogP contribution in [0.3, 0.4) is 0 Å². The molecule has 1 N–H and O–H groups in total. The zero-order valence-electron chi connectivity index (χ0n) is 13.1. The van der Waals surface area contributed by atoms with Crippen molar-refractivity contribution in [2.24, 2.45) is 5.10 Å². The van der Waals surface area contributed by atoms with Gasteiger partial charge >= 0.3 is 0 Å². The average molecular weight is 426 g/mol. The molecule has 132 valence electrons. The van der Waals surface area contributed by atoms with Gasteiger partial charge in [0, 0.05) is 14.9 Å². The molecule has 26 heavy (non-hydrogen) atoms. The number of hydrogen-bond donors (Lipinski definition) is 1. The molecule has 0 radical (unpaired) electrons. The molecule has 0 bridgehead atoms. The van der Waals surface area contributed by atoms with Crippen LogP contribution in [0.5, 0.6) is 0 Å². The van der Waals surface area contributed by atoms with Crippen molar-refractivity contribution in [1.29, 1.82) is 0 Å². The first-order valence-electron chi connectivity index (χ1n) is 7.33. The van der Waals surface area contributed by atoms with Crippen molar-refractivity contribution in [2.45, 2.75) is 9.99 Å². The third-order valence-electron chi connectivity index (χ3n) is 3.17. The second-order valence-electron chi connectivity index (χ2n) is 5.04. The number of nitrogens with one attached hydrogen (secondary N) is 1. The van der Waals surface area contributed by atoms with E-state index in [0.29, 0.717) is 20.9 Å². The standard InChI is InChI=1S/C18H11Cl3N2O2S/c19-11-1-5-14(6-2-11)26-17-8-4-13(25-17)10-22-23-18(24)15-7-3-12(20)9-16(15)21/h1-10H,(H,23,24)/b22-10+. The summed E-state index contributed by atoms with van der Waals surface area (Å²) in [5.41, 5.74) is 2.68.